The van der Waals surface area contributed by atoms with Gasteiger partial charge in [-0.3, -0.25) is 0 Å². The zero-order valence-electron chi connectivity index (χ0n) is 16.7. The maximum atomic E-state index is 14.9. The van der Waals surface area contributed by atoms with Crippen LogP contribution in [0.1, 0.15) is 11.1 Å². The zero-order valence-corrected chi connectivity index (χ0v) is 16.7. The molecule has 3 aromatic carbocycles. The highest BCUT2D eigenvalue weighted by Crippen LogP contribution is 2.32. The number of aliphatic hydroxyl groups is 1. The number of halogens is 1. The molecule has 3 aromatic rings. The van der Waals surface area contributed by atoms with Crippen LogP contribution in [-0.4, -0.2) is 24.3 Å². The molecule has 0 saturated heterocycles. The van der Waals surface area contributed by atoms with Crippen LogP contribution >= 0.6 is 0 Å². The number of benzene rings is 3. The Morgan fingerprint density at radius 1 is 1.00 bits per heavy atom. The minimum atomic E-state index is -0.537. The second kappa shape index (κ2) is 9.85. The first-order valence-corrected chi connectivity index (χ1v) is 9.54. The average molecular weight is 406 g/mol. The molecule has 5 heteroatoms. The predicted octanol–water partition coefficient (Wildman–Crippen LogP) is 5.07. The van der Waals surface area contributed by atoms with Gasteiger partial charge in [0.05, 0.1) is 6.61 Å². The lowest BCUT2D eigenvalue weighted by atomic mass is 9.98. The highest BCUT2D eigenvalue weighted by atomic mass is 19.1. The summed E-state index contributed by atoms with van der Waals surface area (Å²) in [7, 11) is 0. The van der Waals surface area contributed by atoms with E-state index in [1.54, 1.807) is 24.3 Å². The van der Waals surface area contributed by atoms with E-state index in [1.807, 2.05) is 37.3 Å². The molecule has 0 heterocycles. The Bertz CT molecular complexity index is 1040. The van der Waals surface area contributed by atoms with Crippen molar-refractivity contribution in [1.29, 1.82) is 0 Å². The van der Waals surface area contributed by atoms with Gasteiger partial charge in [0.15, 0.2) is 0 Å². The standard InChI is InChI=1S/C25H23FO4/c1-3-25(28)30-13-12-29-24-15-20(8-9-21(24)16-27)22-11-10-19(14-23(22)26)18-6-4-17(2)5-7-18/h3-11,14-15,27H,1,12-13,16H2,2H3. The first-order valence-electron chi connectivity index (χ1n) is 9.54. The Labute approximate surface area is 175 Å². The van der Waals surface area contributed by atoms with Crippen LogP contribution in [0.25, 0.3) is 22.3 Å². The van der Waals surface area contributed by atoms with Gasteiger partial charge in [-0.1, -0.05) is 60.7 Å². The molecule has 0 radical (unpaired) electrons. The average Bonchev–Trinajstić information content (AvgIpc) is 2.76. The topological polar surface area (TPSA) is 55.8 Å². The quantitative estimate of drug-likeness (QED) is 0.322. The summed E-state index contributed by atoms with van der Waals surface area (Å²) in [6.45, 7) is 5.25. The van der Waals surface area contributed by atoms with Crippen molar-refractivity contribution in [3.63, 3.8) is 0 Å². The van der Waals surface area contributed by atoms with E-state index < -0.39 is 5.97 Å². The van der Waals surface area contributed by atoms with Crippen molar-refractivity contribution in [3.8, 4) is 28.0 Å². The van der Waals surface area contributed by atoms with Crippen LogP contribution in [0.5, 0.6) is 5.75 Å². The third kappa shape index (κ3) is 5.13. The van der Waals surface area contributed by atoms with Crippen LogP contribution in [0.15, 0.2) is 73.3 Å². The van der Waals surface area contributed by atoms with E-state index in [4.69, 9.17) is 9.47 Å². The molecule has 4 nitrogen and oxygen atoms in total. The number of rotatable bonds is 8. The van der Waals surface area contributed by atoms with E-state index in [9.17, 15) is 14.3 Å². The Hall–Kier alpha value is -3.44. The minimum Gasteiger partial charge on any atom is -0.490 e. The maximum absolute atomic E-state index is 14.9. The molecule has 0 spiro atoms. The normalized spacial score (nSPS) is 10.5. The summed E-state index contributed by atoms with van der Waals surface area (Å²) in [5.74, 6) is -0.479. The van der Waals surface area contributed by atoms with Crippen LogP contribution in [0.4, 0.5) is 4.39 Å². The van der Waals surface area contributed by atoms with Crippen molar-refractivity contribution in [2.24, 2.45) is 0 Å². The van der Waals surface area contributed by atoms with E-state index in [0.29, 0.717) is 22.4 Å². The van der Waals surface area contributed by atoms with Gasteiger partial charge in [-0.05, 0) is 35.7 Å². The van der Waals surface area contributed by atoms with Gasteiger partial charge >= 0.3 is 5.97 Å². The summed E-state index contributed by atoms with van der Waals surface area (Å²) >= 11 is 0. The Morgan fingerprint density at radius 2 is 1.70 bits per heavy atom. The highest BCUT2D eigenvalue weighted by Gasteiger charge is 2.11. The number of hydrogen-bond acceptors (Lipinski definition) is 4. The second-order valence-corrected chi connectivity index (χ2v) is 6.76. The molecule has 0 aromatic heterocycles. The number of aryl methyl sites for hydroxylation is 1. The fraction of sp³-hybridized carbons (Fsp3) is 0.160. The zero-order chi connectivity index (χ0) is 21.5. The number of carbonyl (C=O) groups is 1. The molecule has 0 bridgehead atoms. The molecule has 0 fully saturated rings. The fourth-order valence-electron chi connectivity index (χ4n) is 3.01. The molecule has 0 aliphatic rings. The van der Waals surface area contributed by atoms with Crippen molar-refractivity contribution in [2.45, 2.75) is 13.5 Å². The van der Waals surface area contributed by atoms with Gasteiger partial charge in [0.2, 0.25) is 0 Å². The third-order valence-corrected chi connectivity index (χ3v) is 4.65. The first-order chi connectivity index (χ1) is 14.5. The second-order valence-electron chi connectivity index (χ2n) is 6.76. The van der Waals surface area contributed by atoms with Crippen molar-refractivity contribution in [3.05, 3.63) is 90.3 Å². The lowest BCUT2D eigenvalue weighted by Gasteiger charge is -2.13. The Kier molecular flexibility index (Phi) is 6.99. The maximum Gasteiger partial charge on any atom is 0.330 e. The number of aliphatic hydroxyl groups excluding tert-OH is 1. The molecule has 1 N–H and O–H groups in total. The molecular formula is C25H23FO4. The van der Waals surface area contributed by atoms with Crippen LogP contribution in [0.2, 0.25) is 0 Å². The molecule has 0 aliphatic heterocycles. The monoisotopic (exact) mass is 406 g/mol. The summed E-state index contributed by atoms with van der Waals surface area (Å²) in [6, 6.07) is 18.1. The van der Waals surface area contributed by atoms with Gasteiger partial charge in [-0.15, -0.1) is 0 Å². The molecule has 0 amide bonds. The van der Waals surface area contributed by atoms with E-state index in [2.05, 4.69) is 6.58 Å². The van der Waals surface area contributed by atoms with Crippen LogP contribution < -0.4 is 4.74 Å². The van der Waals surface area contributed by atoms with Crippen molar-refractivity contribution in [1.82, 2.24) is 0 Å². The summed E-state index contributed by atoms with van der Waals surface area (Å²) in [4.78, 5) is 11.1. The third-order valence-electron chi connectivity index (χ3n) is 4.65. The summed E-state index contributed by atoms with van der Waals surface area (Å²) in [5.41, 5.74) is 4.50. The molecule has 3 rings (SSSR count). The van der Waals surface area contributed by atoms with E-state index in [-0.39, 0.29) is 25.6 Å². The van der Waals surface area contributed by atoms with Gasteiger partial charge in [-0.2, -0.15) is 0 Å². The van der Waals surface area contributed by atoms with Crippen LogP contribution in [0.3, 0.4) is 0 Å². The SMILES string of the molecule is C=CC(=O)OCCOc1cc(-c2ccc(-c3ccc(C)cc3)cc2F)ccc1CO. The Balaban J connectivity index is 1.81. The summed E-state index contributed by atoms with van der Waals surface area (Å²) in [5, 5.41) is 9.55. The van der Waals surface area contributed by atoms with E-state index in [1.165, 1.54) is 6.07 Å². The highest BCUT2D eigenvalue weighted by molar-refractivity contribution is 5.81. The van der Waals surface area contributed by atoms with Gasteiger partial charge in [-0.25, -0.2) is 9.18 Å². The van der Waals surface area contributed by atoms with E-state index >= 15 is 0 Å². The molecule has 154 valence electrons. The lowest BCUT2D eigenvalue weighted by Crippen LogP contribution is -2.11. The van der Waals surface area contributed by atoms with Crippen LogP contribution in [0, 0.1) is 12.7 Å². The van der Waals surface area contributed by atoms with Gasteiger partial charge in [0.25, 0.3) is 0 Å². The molecule has 0 atom stereocenters. The smallest absolute Gasteiger partial charge is 0.330 e. The van der Waals surface area contributed by atoms with Gasteiger partial charge in [0.1, 0.15) is 24.8 Å². The van der Waals surface area contributed by atoms with Gasteiger partial charge in [0, 0.05) is 17.2 Å². The predicted molar refractivity (Wildman–Crippen MR) is 115 cm³/mol. The number of esters is 1. The van der Waals surface area contributed by atoms with Crippen molar-refractivity contribution >= 4 is 5.97 Å². The van der Waals surface area contributed by atoms with E-state index in [0.717, 1.165) is 22.8 Å². The lowest BCUT2D eigenvalue weighted by molar-refractivity contribution is -0.138. The summed E-state index contributed by atoms with van der Waals surface area (Å²) < 4.78 is 25.4. The van der Waals surface area contributed by atoms with Crippen LogP contribution in [-0.2, 0) is 16.1 Å². The number of hydrogen-bond donors (Lipinski definition) is 1. The molecular weight excluding hydrogens is 383 g/mol. The number of ether oxygens (including phenoxy) is 2. The largest absolute Gasteiger partial charge is 0.490 e. The fourth-order valence-corrected chi connectivity index (χ4v) is 3.01. The molecule has 30 heavy (non-hydrogen) atoms. The molecule has 0 unspecified atom stereocenters. The molecule has 0 saturated carbocycles. The Morgan fingerprint density at radius 3 is 2.37 bits per heavy atom. The number of carbonyl (C=O) groups excluding carboxylic acids is 1. The van der Waals surface area contributed by atoms with Gasteiger partial charge < -0.3 is 14.6 Å². The summed E-state index contributed by atoms with van der Waals surface area (Å²) in [6.07, 6.45) is 1.07. The first kappa shape index (κ1) is 21.3. The van der Waals surface area contributed by atoms with Crippen molar-refractivity contribution < 1.29 is 23.8 Å². The molecule has 0 aliphatic carbocycles. The van der Waals surface area contributed by atoms with Crippen molar-refractivity contribution in [2.75, 3.05) is 13.2 Å². The minimum absolute atomic E-state index is 0.0412.